The molecule has 2 heterocycles. The zero-order chi connectivity index (χ0) is 21.5. The number of aryl methyl sites for hydroxylation is 1. The Morgan fingerprint density at radius 1 is 1.06 bits per heavy atom. The lowest BCUT2D eigenvalue weighted by Gasteiger charge is -2.17. The highest BCUT2D eigenvalue weighted by atomic mass is 35.5. The zero-order valence-corrected chi connectivity index (χ0v) is 18.0. The molecule has 158 valence electrons. The number of hydrogen-bond donors (Lipinski definition) is 0. The maximum Gasteiger partial charge on any atom is 0.337 e. The van der Waals surface area contributed by atoms with Crippen molar-refractivity contribution >= 4 is 22.8 Å². The number of imidazole rings is 1. The van der Waals surface area contributed by atoms with Crippen LogP contribution in [0.15, 0.2) is 64.4 Å². The Morgan fingerprint density at radius 3 is 2.52 bits per heavy atom. The molecule has 6 nitrogen and oxygen atoms in total. The van der Waals surface area contributed by atoms with Crippen LogP contribution in [-0.2, 0) is 6.54 Å². The fourth-order valence-electron chi connectivity index (χ4n) is 4.50. The van der Waals surface area contributed by atoms with Crippen molar-refractivity contribution in [3.05, 3.63) is 91.8 Å². The van der Waals surface area contributed by atoms with Crippen LogP contribution in [0.5, 0.6) is 0 Å². The summed E-state index contributed by atoms with van der Waals surface area (Å²) < 4.78 is 4.80. The standard InChI is InChI=1S/C24H23ClN4O2/c1-16-9-11-17(12-10-16)14-27-15-26-22-21(27)23(30)29(19-6-2-3-7-19)24(31)28(22)20-8-4-5-18(25)13-20/h4-5,8-13,15,19H,2-3,6-7,14H2,1H3. The second kappa shape index (κ2) is 7.85. The van der Waals surface area contributed by atoms with Crippen LogP contribution in [0.2, 0.25) is 5.02 Å². The van der Waals surface area contributed by atoms with Crippen molar-refractivity contribution in [3.8, 4) is 5.69 Å². The summed E-state index contributed by atoms with van der Waals surface area (Å²) in [6, 6.07) is 15.2. The number of aromatic nitrogens is 4. The van der Waals surface area contributed by atoms with E-state index in [1.807, 2.05) is 41.8 Å². The molecule has 0 spiro atoms. The summed E-state index contributed by atoms with van der Waals surface area (Å²) in [4.78, 5) is 31.6. The lowest BCUT2D eigenvalue weighted by Crippen LogP contribution is -2.41. The Balaban J connectivity index is 1.77. The molecular formula is C24H23ClN4O2. The molecule has 2 aromatic heterocycles. The molecule has 1 saturated carbocycles. The summed E-state index contributed by atoms with van der Waals surface area (Å²) in [6.07, 6.45) is 5.36. The largest absolute Gasteiger partial charge is 0.337 e. The lowest BCUT2D eigenvalue weighted by molar-refractivity contribution is 0.474. The van der Waals surface area contributed by atoms with Gasteiger partial charge >= 0.3 is 5.69 Å². The van der Waals surface area contributed by atoms with E-state index in [9.17, 15) is 9.59 Å². The molecule has 0 amide bonds. The molecule has 0 aliphatic heterocycles. The first-order valence-electron chi connectivity index (χ1n) is 10.6. The van der Waals surface area contributed by atoms with Crippen molar-refractivity contribution in [2.45, 2.75) is 45.2 Å². The monoisotopic (exact) mass is 434 g/mol. The first kappa shape index (κ1) is 19.8. The van der Waals surface area contributed by atoms with Crippen LogP contribution < -0.4 is 11.2 Å². The maximum atomic E-state index is 13.6. The van der Waals surface area contributed by atoms with Crippen molar-refractivity contribution in [2.24, 2.45) is 0 Å². The van der Waals surface area contributed by atoms with E-state index in [-0.39, 0.29) is 17.3 Å². The Hall–Kier alpha value is -3.12. The lowest BCUT2D eigenvalue weighted by atomic mass is 10.1. The average Bonchev–Trinajstić information content (AvgIpc) is 3.41. The minimum absolute atomic E-state index is 0.0856. The number of rotatable bonds is 4. The van der Waals surface area contributed by atoms with Crippen LogP contribution in [0, 0.1) is 6.92 Å². The molecule has 2 aromatic carbocycles. The van der Waals surface area contributed by atoms with Gasteiger partial charge in [-0.3, -0.25) is 9.36 Å². The SMILES string of the molecule is Cc1ccc(Cn2cnc3c2c(=O)n(C2CCCC2)c(=O)n3-c2cccc(Cl)c2)cc1. The minimum atomic E-state index is -0.354. The van der Waals surface area contributed by atoms with Crippen LogP contribution in [0.25, 0.3) is 16.9 Å². The minimum Gasteiger partial charge on any atom is -0.320 e. The molecule has 0 N–H and O–H groups in total. The van der Waals surface area contributed by atoms with E-state index in [1.165, 1.54) is 14.7 Å². The van der Waals surface area contributed by atoms with Crippen LogP contribution >= 0.6 is 11.6 Å². The van der Waals surface area contributed by atoms with Gasteiger partial charge in [0.15, 0.2) is 11.2 Å². The molecule has 4 aromatic rings. The highest BCUT2D eigenvalue weighted by Crippen LogP contribution is 2.28. The first-order chi connectivity index (χ1) is 15.0. The summed E-state index contributed by atoms with van der Waals surface area (Å²) in [7, 11) is 0. The number of fused-ring (bicyclic) bond motifs is 1. The van der Waals surface area contributed by atoms with Gasteiger partial charge in [-0.25, -0.2) is 14.3 Å². The predicted octanol–water partition coefficient (Wildman–Crippen LogP) is 4.47. The molecule has 1 aliphatic rings. The number of hydrogen-bond acceptors (Lipinski definition) is 3. The fourth-order valence-corrected chi connectivity index (χ4v) is 4.68. The van der Waals surface area contributed by atoms with E-state index in [4.69, 9.17) is 11.6 Å². The van der Waals surface area contributed by atoms with Crippen LogP contribution in [0.4, 0.5) is 0 Å². The number of benzene rings is 2. The van der Waals surface area contributed by atoms with E-state index in [2.05, 4.69) is 4.98 Å². The Bertz CT molecular complexity index is 1380. The summed E-state index contributed by atoms with van der Waals surface area (Å²) in [5, 5.41) is 0.523. The zero-order valence-electron chi connectivity index (χ0n) is 17.3. The average molecular weight is 435 g/mol. The molecule has 31 heavy (non-hydrogen) atoms. The molecule has 0 bridgehead atoms. The van der Waals surface area contributed by atoms with E-state index in [0.717, 1.165) is 31.2 Å². The van der Waals surface area contributed by atoms with Crippen LogP contribution in [-0.4, -0.2) is 18.7 Å². The van der Waals surface area contributed by atoms with E-state index in [0.29, 0.717) is 28.4 Å². The van der Waals surface area contributed by atoms with Gasteiger partial charge < -0.3 is 4.57 Å². The smallest absolute Gasteiger partial charge is 0.320 e. The Labute approximate surface area is 184 Å². The van der Waals surface area contributed by atoms with Crippen LogP contribution in [0.3, 0.4) is 0 Å². The van der Waals surface area contributed by atoms with Gasteiger partial charge in [-0.05, 0) is 43.5 Å². The third-order valence-electron chi connectivity index (χ3n) is 6.08. The summed E-state index contributed by atoms with van der Waals surface area (Å²) >= 11 is 6.21. The quantitative estimate of drug-likeness (QED) is 0.476. The fraction of sp³-hybridized carbons (Fsp3) is 0.292. The van der Waals surface area contributed by atoms with Crippen molar-refractivity contribution in [2.75, 3.05) is 0 Å². The molecule has 5 rings (SSSR count). The molecule has 0 atom stereocenters. The third kappa shape index (κ3) is 3.51. The molecule has 1 fully saturated rings. The molecule has 7 heteroatoms. The second-order valence-electron chi connectivity index (χ2n) is 8.24. The highest BCUT2D eigenvalue weighted by molar-refractivity contribution is 6.30. The highest BCUT2D eigenvalue weighted by Gasteiger charge is 2.26. The van der Waals surface area contributed by atoms with Gasteiger partial charge in [0.25, 0.3) is 5.56 Å². The normalized spacial score (nSPS) is 14.5. The molecule has 0 saturated heterocycles. The van der Waals surface area contributed by atoms with Gasteiger partial charge in [-0.1, -0.05) is 60.3 Å². The maximum absolute atomic E-state index is 13.6. The van der Waals surface area contributed by atoms with Crippen LogP contribution in [0.1, 0.15) is 42.9 Å². The molecule has 0 radical (unpaired) electrons. The van der Waals surface area contributed by atoms with E-state index in [1.54, 1.807) is 24.5 Å². The van der Waals surface area contributed by atoms with Gasteiger partial charge in [0.05, 0.1) is 12.0 Å². The topological polar surface area (TPSA) is 61.8 Å². The van der Waals surface area contributed by atoms with Gasteiger partial charge in [0.2, 0.25) is 0 Å². The van der Waals surface area contributed by atoms with E-state index >= 15 is 0 Å². The van der Waals surface area contributed by atoms with Gasteiger partial charge in [0, 0.05) is 17.6 Å². The molecule has 1 aliphatic carbocycles. The van der Waals surface area contributed by atoms with E-state index < -0.39 is 0 Å². The van der Waals surface area contributed by atoms with Crippen molar-refractivity contribution in [1.82, 2.24) is 18.7 Å². The third-order valence-corrected chi connectivity index (χ3v) is 6.31. The predicted molar refractivity (Wildman–Crippen MR) is 122 cm³/mol. The van der Waals surface area contributed by atoms with Crippen molar-refractivity contribution in [1.29, 1.82) is 0 Å². The summed E-state index contributed by atoms with van der Waals surface area (Å²) in [5.74, 6) is 0. The van der Waals surface area contributed by atoms with Crippen molar-refractivity contribution in [3.63, 3.8) is 0 Å². The Morgan fingerprint density at radius 2 is 1.81 bits per heavy atom. The second-order valence-corrected chi connectivity index (χ2v) is 8.68. The number of nitrogens with zero attached hydrogens (tertiary/aromatic N) is 4. The first-order valence-corrected chi connectivity index (χ1v) is 10.9. The van der Waals surface area contributed by atoms with Gasteiger partial charge in [-0.2, -0.15) is 0 Å². The summed E-state index contributed by atoms with van der Waals surface area (Å²) in [6.45, 7) is 2.55. The number of halogens is 1. The summed E-state index contributed by atoms with van der Waals surface area (Å²) in [5.41, 5.74) is 3.03. The molecular weight excluding hydrogens is 412 g/mol. The van der Waals surface area contributed by atoms with Gasteiger partial charge in [-0.15, -0.1) is 0 Å². The molecule has 0 unspecified atom stereocenters. The Kier molecular flexibility index (Phi) is 5.02. The van der Waals surface area contributed by atoms with Gasteiger partial charge in [0.1, 0.15) is 0 Å². The van der Waals surface area contributed by atoms with Crippen molar-refractivity contribution < 1.29 is 0 Å².